The van der Waals surface area contributed by atoms with Gasteiger partial charge in [0.25, 0.3) is 5.91 Å². The van der Waals surface area contributed by atoms with Crippen molar-refractivity contribution in [2.24, 2.45) is 10.2 Å². The lowest BCUT2D eigenvalue weighted by Gasteiger charge is -2.28. The van der Waals surface area contributed by atoms with Crippen LogP contribution in [0.2, 0.25) is 0 Å². The number of carbonyl (C=O) groups is 1. The molecule has 3 aromatic rings. The van der Waals surface area contributed by atoms with E-state index in [4.69, 9.17) is 34.8 Å². The SMILES string of the molecule is Cc1ccccc1N=Nc1ccc(NC(NC(=O)c2cccs2)C(Cl)(Cl)Cl)c(C)c1. The predicted molar refractivity (Wildman–Crippen MR) is 126 cm³/mol. The Morgan fingerprint density at radius 1 is 1.00 bits per heavy atom. The summed E-state index contributed by atoms with van der Waals surface area (Å²) >= 11 is 19.6. The van der Waals surface area contributed by atoms with E-state index >= 15 is 0 Å². The molecule has 2 aromatic carbocycles. The minimum Gasteiger partial charge on any atom is -0.362 e. The van der Waals surface area contributed by atoms with Gasteiger partial charge in [-0.25, -0.2) is 0 Å². The van der Waals surface area contributed by atoms with Crippen LogP contribution in [0.5, 0.6) is 0 Å². The smallest absolute Gasteiger partial charge is 0.263 e. The highest BCUT2D eigenvalue weighted by atomic mass is 35.6. The molecule has 5 nitrogen and oxygen atoms in total. The van der Waals surface area contributed by atoms with Crippen molar-refractivity contribution in [3.63, 3.8) is 0 Å². The monoisotopic (exact) mass is 480 g/mol. The van der Waals surface area contributed by atoms with Gasteiger partial charge in [0.05, 0.1) is 16.3 Å². The number of thiophene rings is 1. The first-order chi connectivity index (χ1) is 14.2. The maximum absolute atomic E-state index is 12.4. The molecule has 30 heavy (non-hydrogen) atoms. The highest BCUT2D eigenvalue weighted by molar-refractivity contribution is 7.12. The minimum atomic E-state index is -1.76. The maximum Gasteiger partial charge on any atom is 0.263 e. The third-order valence-electron chi connectivity index (χ3n) is 4.25. The van der Waals surface area contributed by atoms with Gasteiger partial charge in [-0.05, 0) is 60.7 Å². The van der Waals surface area contributed by atoms with E-state index in [0.29, 0.717) is 16.3 Å². The number of amides is 1. The van der Waals surface area contributed by atoms with Crippen LogP contribution in [0.4, 0.5) is 17.1 Å². The molecule has 1 unspecified atom stereocenters. The molecule has 1 amide bonds. The first-order valence-electron chi connectivity index (χ1n) is 8.99. The summed E-state index contributed by atoms with van der Waals surface area (Å²) in [6.07, 6.45) is -0.935. The highest BCUT2D eigenvalue weighted by Crippen LogP contribution is 2.33. The topological polar surface area (TPSA) is 65.8 Å². The molecule has 0 aliphatic carbocycles. The molecule has 1 heterocycles. The first-order valence-corrected chi connectivity index (χ1v) is 11.0. The fourth-order valence-electron chi connectivity index (χ4n) is 2.62. The maximum atomic E-state index is 12.4. The van der Waals surface area contributed by atoms with E-state index < -0.39 is 9.96 Å². The Bertz CT molecular complexity index is 1050. The molecular formula is C21H19Cl3N4OS. The van der Waals surface area contributed by atoms with E-state index in [0.717, 1.165) is 16.8 Å². The number of alkyl halides is 3. The molecule has 1 atom stereocenters. The van der Waals surface area contributed by atoms with Crippen molar-refractivity contribution in [2.45, 2.75) is 23.8 Å². The zero-order valence-electron chi connectivity index (χ0n) is 16.2. The fourth-order valence-corrected chi connectivity index (χ4v) is 3.58. The molecule has 0 radical (unpaired) electrons. The van der Waals surface area contributed by atoms with Crippen molar-refractivity contribution in [1.29, 1.82) is 0 Å². The van der Waals surface area contributed by atoms with E-state index in [1.807, 2.05) is 50.2 Å². The summed E-state index contributed by atoms with van der Waals surface area (Å²) in [7, 11) is 0. The van der Waals surface area contributed by atoms with Gasteiger partial charge < -0.3 is 10.6 Å². The second-order valence-electron chi connectivity index (χ2n) is 6.56. The van der Waals surface area contributed by atoms with Crippen LogP contribution >= 0.6 is 46.1 Å². The Morgan fingerprint density at radius 3 is 2.40 bits per heavy atom. The van der Waals surface area contributed by atoms with Crippen LogP contribution in [0, 0.1) is 13.8 Å². The van der Waals surface area contributed by atoms with Crippen molar-refractivity contribution >= 4 is 69.1 Å². The number of carbonyl (C=O) groups excluding carboxylic acids is 1. The number of nitrogens with one attached hydrogen (secondary N) is 2. The minimum absolute atomic E-state index is 0.324. The van der Waals surface area contributed by atoms with Crippen LogP contribution in [0.25, 0.3) is 0 Å². The van der Waals surface area contributed by atoms with Gasteiger partial charge in [-0.1, -0.05) is 59.1 Å². The molecule has 9 heteroatoms. The molecule has 0 aliphatic rings. The average Bonchev–Trinajstić information content (AvgIpc) is 3.22. The van der Waals surface area contributed by atoms with Gasteiger partial charge in [-0.3, -0.25) is 4.79 Å². The van der Waals surface area contributed by atoms with E-state index in [9.17, 15) is 4.79 Å². The molecule has 0 saturated carbocycles. The van der Waals surface area contributed by atoms with Crippen LogP contribution in [0.15, 0.2) is 70.2 Å². The summed E-state index contributed by atoms with van der Waals surface area (Å²) in [5, 5.41) is 16.2. The first kappa shape index (κ1) is 22.6. The standard InChI is InChI=1S/C21H19Cl3N4OS/c1-13-6-3-4-7-17(13)28-27-15-9-10-16(14(2)12-15)25-20(21(22,23)24)26-19(29)18-8-5-11-30-18/h3-12,20,25H,1-2H3,(H,26,29). The number of anilines is 1. The molecule has 1 aromatic heterocycles. The van der Waals surface area contributed by atoms with Gasteiger partial charge in [-0.2, -0.15) is 10.2 Å². The van der Waals surface area contributed by atoms with Crippen molar-refractivity contribution in [2.75, 3.05) is 5.32 Å². The summed E-state index contributed by atoms with van der Waals surface area (Å²) in [4.78, 5) is 12.9. The fraction of sp³-hybridized carbons (Fsp3) is 0.190. The van der Waals surface area contributed by atoms with E-state index in [1.165, 1.54) is 11.3 Å². The Hall–Kier alpha value is -2.12. The number of hydrogen-bond acceptors (Lipinski definition) is 5. The van der Waals surface area contributed by atoms with Crippen LogP contribution in [-0.2, 0) is 0 Å². The van der Waals surface area contributed by atoms with E-state index in [-0.39, 0.29) is 5.91 Å². The zero-order valence-corrected chi connectivity index (χ0v) is 19.3. The lowest BCUT2D eigenvalue weighted by Crippen LogP contribution is -2.49. The van der Waals surface area contributed by atoms with Crippen LogP contribution in [0.1, 0.15) is 20.8 Å². The van der Waals surface area contributed by atoms with Crippen LogP contribution in [0.3, 0.4) is 0 Å². The molecule has 0 saturated heterocycles. The Balaban J connectivity index is 1.75. The lowest BCUT2D eigenvalue weighted by molar-refractivity contribution is 0.0946. The molecule has 0 aliphatic heterocycles. The van der Waals surface area contributed by atoms with Crippen molar-refractivity contribution in [3.8, 4) is 0 Å². The van der Waals surface area contributed by atoms with Crippen molar-refractivity contribution in [1.82, 2.24) is 5.32 Å². The van der Waals surface area contributed by atoms with Gasteiger partial charge >= 0.3 is 0 Å². The quantitative estimate of drug-likeness (QED) is 0.220. The molecule has 156 valence electrons. The van der Waals surface area contributed by atoms with Crippen molar-refractivity contribution < 1.29 is 4.79 Å². The van der Waals surface area contributed by atoms with E-state index in [2.05, 4.69) is 20.9 Å². The van der Waals surface area contributed by atoms with Gasteiger partial charge in [0.1, 0.15) is 6.17 Å². The molecule has 0 bridgehead atoms. The van der Waals surface area contributed by atoms with Gasteiger partial charge in [-0.15, -0.1) is 11.3 Å². The lowest BCUT2D eigenvalue weighted by atomic mass is 10.1. The summed E-state index contributed by atoms with van der Waals surface area (Å²) in [5.41, 5.74) is 4.11. The zero-order chi connectivity index (χ0) is 21.7. The Morgan fingerprint density at radius 2 is 1.77 bits per heavy atom. The number of halogens is 3. The number of rotatable bonds is 6. The normalized spacial score (nSPS) is 12.7. The Kier molecular flexibility index (Phi) is 7.36. The highest BCUT2D eigenvalue weighted by Gasteiger charge is 2.34. The third kappa shape index (κ3) is 5.95. The Labute approximate surface area is 194 Å². The van der Waals surface area contributed by atoms with E-state index in [1.54, 1.807) is 23.6 Å². The second-order valence-corrected chi connectivity index (χ2v) is 9.87. The van der Waals surface area contributed by atoms with Crippen LogP contribution < -0.4 is 10.6 Å². The van der Waals surface area contributed by atoms with Gasteiger partial charge in [0.15, 0.2) is 0 Å². The largest absolute Gasteiger partial charge is 0.362 e. The number of benzene rings is 2. The number of aryl methyl sites for hydroxylation is 2. The molecule has 2 N–H and O–H groups in total. The van der Waals surface area contributed by atoms with Gasteiger partial charge in [0.2, 0.25) is 3.79 Å². The van der Waals surface area contributed by atoms with Gasteiger partial charge in [0, 0.05) is 5.69 Å². The summed E-state index contributed by atoms with van der Waals surface area (Å²) in [5.74, 6) is -0.324. The summed E-state index contributed by atoms with van der Waals surface area (Å²) in [6, 6.07) is 16.7. The molecule has 3 rings (SSSR count). The molecular weight excluding hydrogens is 463 g/mol. The average molecular weight is 482 g/mol. The van der Waals surface area contributed by atoms with Crippen molar-refractivity contribution in [3.05, 3.63) is 76.0 Å². The number of hydrogen-bond donors (Lipinski definition) is 2. The summed E-state index contributed by atoms with van der Waals surface area (Å²) < 4.78 is -1.76. The summed E-state index contributed by atoms with van der Waals surface area (Å²) in [6.45, 7) is 3.87. The number of azo groups is 1. The molecule has 0 spiro atoms. The predicted octanol–water partition coefficient (Wildman–Crippen LogP) is 7.32. The van der Waals surface area contributed by atoms with Crippen LogP contribution in [-0.4, -0.2) is 15.9 Å². The second kappa shape index (κ2) is 9.79. The third-order valence-corrected chi connectivity index (χ3v) is 5.77. The molecule has 0 fully saturated rings. The number of nitrogens with zero attached hydrogens (tertiary/aromatic N) is 2.